The minimum absolute atomic E-state index is 0.0763. The van der Waals surface area contributed by atoms with E-state index in [-0.39, 0.29) is 17.9 Å². The summed E-state index contributed by atoms with van der Waals surface area (Å²) in [5.41, 5.74) is -1.23. The van der Waals surface area contributed by atoms with E-state index in [2.05, 4.69) is 26.1 Å². The normalized spacial score (nSPS) is 12.8. The van der Waals surface area contributed by atoms with Gasteiger partial charge >= 0.3 is 0 Å². The molecule has 0 saturated heterocycles. The molecule has 0 saturated carbocycles. The van der Waals surface area contributed by atoms with Gasteiger partial charge in [-0.2, -0.15) is 0 Å². The summed E-state index contributed by atoms with van der Waals surface area (Å²) in [5, 5.41) is 12.7. The maximum Gasteiger partial charge on any atom is 0.189 e. The second-order valence-electron chi connectivity index (χ2n) is 5.82. The number of carbonyl (C=O) groups is 1. The Balaban J connectivity index is 3.35. The summed E-state index contributed by atoms with van der Waals surface area (Å²) in [4.78, 5) is 11.3. The van der Waals surface area contributed by atoms with Gasteiger partial charge in [0.1, 0.15) is 12.2 Å². The van der Waals surface area contributed by atoms with Crippen molar-refractivity contribution in [2.45, 2.75) is 45.8 Å². The van der Waals surface area contributed by atoms with Crippen LogP contribution in [0.25, 0.3) is 0 Å². The second kappa shape index (κ2) is 7.84. The molecule has 0 aromatic heterocycles. The highest BCUT2D eigenvalue weighted by molar-refractivity contribution is 5.87. The average molecular weight is 261 g/mol. The van der Waals surface area contributed by atoms with Crippen LogP contribution in [-0.2, 0) is 14.3 Å². The van der Waals surface area contributed by atoms with Crippen LogP contribution in [0.4, 0.5) is 0 Å². The number of Topliss-reactive ketones (excluding diaryl/α,β-unsaturated/α-hetero) is 1. The van der Waals surface area contributed by atoms with E-state index in [1.54, 1.807) is 0 Å². The predicted octanol–water partition coefficient (Wildman–Crippen LogP) is 0.748. The standard InChI is InChI=1S/C13H27NO4/c1-12(2,3)14-6-7-17-8-9-18-10-11(15)13(4,5)16/h14,16H,6-10H2,1-5H3. The second-order valence-corrected chi connectivity index (χ2v) is 5.82. The Morgan fingerprint density at radius 1 is 1.06 bits per heavy atom. The summed E-state index contributed by atoms with van der Waals surface area (Å²) in [6.45, 7) is 11.3. The molecule has 0 spiro atoms. The van der Waals surface area contributed by atoms with Crippen LogP contribution in [0.1, 0.15) is 34.6 Å². The third kappa shape index (κ3) is 10.7. The molecule has 0 unspecified atom stereocenters. The Kier molecular flexibility index (Phi) is 7.62. The van der Waals surface area contributed by atoms with Crippen LogP contribution >= 0.6 is 0 Å². The minimum atomic E-state index is -1.32. The Labute approximate surface area is 110 Å². The Bertz CT molecular complexity index is 240. The zero-order valence-electron chi connectivity index (χ0n) is 12.2. The molecule has 0 atom stereocenters. The fourth-order valence-electron chi connectivity index (χ4n) is 1.06. The molecule has 0 fully saturated rings. The third-order valence-electron chi connectivity index (χ3n) is 2.19. The van der Waals surface area contributed by atoms with Gasteiger partial charge in [0, 0.05) is 12.1 Å². The van der Waals surface area contributed by atoms with E-state index in [4.69, 9.17) is 9.47 Å². The third-order valence-corrected chi connectivity index (χ3v) is 2.19. The van der Waals surface area contributed by atoms with E-state index >= 15 is 0 Å². The van der Waals surface area contributed by atoms with Gasteiger partial charge < -0.3 is 19.9 Å². The number of hydrogen-bond acceptors (Lipinski definition) is 5. The predicted molar refractivity (Wildman–Crippen MR) is 70.7 cm³/mol. The van der Waals surface area contributed by atoms with Crippen molar-refractivity contribution in [3.05, 3.63) is 0 Å². The zero-order valence-corrected chi connectivity index (χ0v) is 12.2. The lowest BCUT2D eigenvalue weighted by Gasteiger charge is -2.20. The number of aliphatic hydroxyl groups is 1. The number of nitrogens with one attached hydrogen (secondary N) is 1. The van der Waals surface area contributed by atoms with Gasteiger partial charge in [-0.3, -0.25) is 4.79 Å². The van der Waals surface area contributed by atoms with E-state index in [0.717, 1.165) is 6.54 Å². The number of ether oxygens (including phenoxy) is 2. The lowest BCUT2D eigenvalue weighted by molar-refractivity contribution is -0.139. The molecule has 108 valence electrons. The minimum Gasteiger partial charge on any atom is -0.383 e. The van der Waals surface area contributed by atoms with Crippen LogP contribution in [-0.4, -0.2) is 55.0 Å². The largest absolute Gasteiger partial charge is 0.383 e. The zero-order chi connectivity index (χ0) is 14.2. The first-order chi connectivity index (χ1) is 8.13. The fourth-order valence-corrected chi connectivity index (χ4v) is 1.06. The molecule has 2 N–H and O–H groups in total. The van der Waals surface area contributed by atoms with E-state index in [1.165, 1.54) is 13.8 Å². The van der Waals surface area contributed by atoms with E-state index in [0.29, 0.717) is 19.8 Å². The molecular weight excluding hydrogens is 234 g/mol. The van der Waals surface area contributed by atoms with Crippen molar-refractivity contribution >= 4 is 5.78 Å². The first kappa shape index (κ1) is 17.5. The van der Waals surface area contributed by atoms with Crippen molar-refractivity contribution in [2.75, 3.05) is 33.0 Å². The van der Waals surface area contributed by atoms with Crippen LogP contribution in [0.5, 0.6) is 0 Å². The molecular formula is C13H27NO4. The Hall–Kier alpha value is -0.490. The van der Waals surface area contributed by atoms with Crippen molar-refractivity contribution in [2.24, 2.45) is 0 Å². The first-order valence-electron chi connectivity index (χ1n) is 6.29. The van der Waals surface area contributed by atoms with Gasteiger partial charge in [0.2, 0.25) is 0 Å². The molecule has 0 aliphatic heterocycles. The number of ketones is 1. The maximum absolute atomic E-state index is 11.3. The molecule has 0 aliphatic carbocycles. The smallest absolute Gasteiger partial charge is 0.189 e. The summed E-state index contributed by atoms with van der Waals surface area (Å²) >= 11 is 0. The molecule has 0 heterocycles. The van der Waals surface area contributed by atoms with E-state index < -0.39 is 5.60 Å². The van der Waals surface area contributed by atoms with Gasteiger partial charge in [0.25, 0.3) is 0 Å². The van der Waals surface area contributed by atoms with Crippen LogP contribution in [0, 0.1) is 0 Å². The highest BCUT2D eigenvalue weighted by atomic mass is 16.5. The van der Waals surface area contributed by atoms with Gasteiger partial charge in [0.05, 0.1) is 19.8 Å². The molecule has 0 aromatic carbocycles. The summed E-state index contributed by atoms with van der Waals surface area (Å²) < 4.78 is 10.4. The summed E-state index contributed by atoms with van der Waals surface area (Å²) in [5.74, 6) is -0.322. The molecule has 0 aliphatic rings. The van der Waals surface area contributed by atoms with Crippen molar-refractivity contribution in [1.82, 2.24) is 5.32 Å². The summed E-state index contributed by atoms with van der Waals surface area (Å²) in [7, 11) is 0. The van der Waals surface area contributed by atoms with Crippen LogP contribution < -0.4 is 5.32 Å². The van der Waals surface area contributed by atoms with Gasteiger partial charge in [0.15, 0.2) is 5.78 Å². The van der Waals surface area contributed by atoms with E-state index in [1.807, 2.05) is 0 Å². The van der Waals surface area contributed by atoms with Crippen LogP contribution in [0.3, 0.4) is 0 Å². The summed E-state index contributed by atoms with van der Waals surface area (Å²) in [6.07, 6.45) is 0. The highest BCUT2D eigenvalue weighted by Gasteiger charge is 2.23. The molecule has 0 radical (unpaired) electrons. The SMILES string of the molecule is CC(C)(C)NCCOCCOCC(=O)C(C)(C)O. The van der Waals surface area contributed by atoms with Crippen molar-refractivity contribution in [1.29, 1.82) is 0 Å². The van der Waals surface area contributed by atoms with E-state index in [9.17, 15) is 9.90 Å². The molecule has 0 rings (SSSR count). The molecule has 5 nitrogen and oxygen atoms in total. The van der Waals surface area contributed by atoms with Gasteiger partial charge in [-0.1, -0.05) is 0 Å². The molecule has 0 amide bonds. The lowest BCUT2D eigenvalue weighted by atomic mass is 10.1. The van der Waals surface area contributed by atoms with Crippen molar-refractivity contribution in [3.63, 3.8) is 0 Å². The maximum atomic E-state index is 11.3. The quantitative estimate of drug-likeness (QED) is 0.599. The monoisotopic (exact) mass is 261 g/mol. The van der Waals surface area contributed by atoms with Crippen LogP contribution in [0.2, 0.25) is 0 Å². The molecule has 5 heteroatoms. The van der Waals surface area contributed by atoms with Gasteiger partial charge in [-0.05, 0) is 34.6 Å². The molecule has 0 bridgehead atoms. The molecule has 18 heavy (non-hydrogen) atoms. The van der Waals surface area contributed by atoms with Gasteiger partial charge in [-0.25, -0.2) is 0 Å². The highest BCUT2D eigenvalue weighted by Crippen LogP contribution is 2.02. The lowest BCUT2D eigenvalue weighted by Crippen LogP contribution is -2.38. The topological polar surface area (TPSA) is 67.8 Å². The first-order valence-corrected chi connectivity index (χ1v) is 6.29. The van der Waals surface area contributed by atoms with Gasteiger partial charge in [-0.15, -0.1) is 0 Å². The van der Waals surface area contributed by atoms with Crippen molar-refractivity contribution in [3.8, 4) is 0 Å². The van der Waals surface area contributed by atoms with Crippen molar-refractivity contribution < 1.29 is 19.4 Å². The Morgan fingerprint density at radius 2 is 1.61 bits per heavy atom. The number of carbonyl (C=O) groups excluding carboxylic acids is 1. The molecule has 0 aromatic rings. The van der Waals surface area contributed by atoms with Crippen LogP contribution in [0.15, 0.2) is 0 Å². The number of rotatable bonds is 9. The Morgan fingerprint density at radius 3 is 2.11 bits per heavy atom. The summed E-state index contributed by atoms with van der Waals surface area (Å²) in [6, 6.07) is 0. The fraction of sp³-hybridized carbons (Fsp3) is 0.923. The number of hydrogen-bond donors (Lipinski definition) is 2. The average Bonchev–Trinajstić information content (AvgIpc) is 2.18.